The van der Waals surface area contributed by atoms with Crippen molar-refractivity contribution in [3.8, 4) is 17.1 Å². The third-order valence-corrected chi connectivity index (χ3v) is 7.15. The Labute approximate surface area is 271 Å². The zero-order chi connectivity index (χ0) is 32.9. The lowest BCUT2D eigenvalue weighted by molar-refractivity contribution is 0.0807. The quantitative estimate of drug-likeness (QED) is 0.122. The molecule has 4 rings (SSSR count). The third kappa shape index (κ3) is 10.7. The van der Waals surface area contributed by atoms with Gasteiger partial charge in [0.05, 0.1) is 18.9 Å². The van der Waals surface area contributed by atoms with Crippen molar-refractivity contribution in [2.24, 2.45) is 11.8 Å². The SMILES string of the molecule is COc1cc(NC(=O)Nc2cccc(CNC(=O)OC(CCN(CC(C)C)CC(C)C)c3ccccc3)c2)ccc1-c1cnco1. The second-order valence-electron chi connectivity index (χ2n) is 12.1. The molecule has 4 aromatic rings. The molecule has 0 aliphatic rings. The number of benzene rings is 3. The number of anilines is 2. The van der Waals surface area contributed by atoms with Crippen LogP contribution in [0.3, 0.4) is 0 Å². The number of aromatic nitrogens is 1. The van der Waals surface area contributed by atoms with Crippen molar-refractivity contribution in [1.29, 1.82) is 0 Å². The van der Waals surface area contributed by atoms with Crippen molar-refractivity contribution in [2.75, 3.05) is 37.4 Å². The van der Waals surface area contributed by atoms with E-state index in [9.17, 15) is 9.59 Å². The normalized spacial score (nSPS) is 11.8. The molecular weight excluding hydrogens is 582 g/mol. The zero-order valence-electron chi connectivity index (χ0n) is 27.3. The number of nitrogens with one attached hydrogen (secondary N) is 3. The van der Waals surface area contributed by atoms with Gasteiger partial charge in [-0.05, 0) is 47.2 Å². The largest absolute Gasteiger partial charge is 0.496 e. The van der Waals surface area contributed by atoms with Gasteiger partial charge in [-0.2, -0.15) is 0 Å². The number of urea groups is 1. The van der Waals surface area contributed by atoms with Gasteiger partial charge < -0.3 is 34.7 Å². The second kappa shape index (κ2) is 17.0. The minimum atomic E-state index is -0.494. The van der Waals surface area contributed by atoms with Crippen LogP contribution in [-0.4, -0.2) is 48.8 Å². The summed E-state index contributed by atoms with van der Waals surface area (Å²) < 4.78 is 16.8. The first-order chi connectivity index (χ1) is 22.2. The highest BCUT2D eigenvalue weighted by Crippen LogP contribution is 2.32. The first-order valence-corrected chi connectivity index (χ1v) is 15.7. The zero-order valence-corrected chi connectivity index (χ0v) is 27.3. The average molecular weight is 628 g/mol. The van der Waals surface area contributed by atoms with Gasteiger partial charge in [-0.1, -0.05) is 70.2 Å². The molecule has 3 amide bonds. The Morgan fingerprint density at radius 1 is 0.891 bits per heavy atom. The lowest BCUT2D eigenvalue weighted by atomic mass is 10.1. The molecule has 1 heterocycles. The number of amides is 3. The summed E-state index contributed by atoms with van der Waals surface area (Å²) >= 11 is 0. The van der Waals surface area contributed by atoms with Gasteiger partial charge in [0.15, 0.2) is 12.2 Å². The van der Waals surface area contributed by atoms with Gasteiger partial charge in [0.1, 0.15) is 11.9 Å². The van der Waals surface area contributed by atoms with Crippen molar-refractivity contribution < 1.29 is 23.5 Å². The van der Waals surface area contributed by atoms with Crippen LogP contribution in [0.2, 0.25) is 0 Å². The molecule has 0 radical (unpaired) electrons. The molecule has 0 bridgehead atoms. The smallest absolute Gasteiger partial charge is 0.408 e. The minimum Gasteiger partial charge on any atom is -0.496 e. The number of nitrogens with zero attached hydrogens (tertiary/aromatic N) is 2. The number of methoxy groups -OCH3 is 1. The first kappa shape index (κ1) is 34.1. The average Bonchev–Trinajstić information content (AvgIpc) is 3.57. The summed E-state index contributed by atoms with van der Waals surface area (Å²) in [7, 11) is 1.55. The Kier molecular flexibility index (Phi) is 12.6. The van der Waals surface area contributed by atoms with Crippen molar-refractivity contribution in [3.63, 3.8) is 0 Å². The highest BCUT2D eigenvalue weighted by Gasteiger charge is 2.19. The van der Waals surface area contributed by atoms with E-state index < -0.39 is 12.1 Å². The van der Waals surface area contributed by atoms with Crippen LogP contribution in [0.4, 0.5) is 21.0 Å². The summed E-state index contributed by atoms with van der Waals surface area (Å²) in [5.74, 6) is 2.20. The standard InChI is InChI=1S/C36H45N5O5/c1-25(2)22-41(23-26(3)4)17-16-32(28-11-7-6-8-12-28)46-36(43)38-20-27-10-9-13-29(18-27)39-35(42)40-30-14-15-31(33(19-30)44-5)34-21-37-24-45-34/h6-15,18-19,21,24-26,32H,16-17,20,22-23H2,1-5H3,(H,38,43)(H2,39,40,42). The molecule has 0 aliphatic carbocycles. The van der Waals surface area contributed by atoms with Gasteiger partial charge in [0.25, 0.3) is 0 Å². The summed E-state index contributed by atoms with van der Waals surface area (Å²) in [6.45, 7) is 12.0. The molecule has 0 aliphatic heterocycles. The molecule has 46 heavy (non-hydrogen) atoms. The summed E-state index contributed by atoms with van der Waals surface area (Å²) in [6.07, 6.45) is 2.77. The fraction of sp³-hybridized carbons (Fsp3) is 0.361. The number of alkyl carbamates (subject to hydrolysis) is 1. The van der Waals surface area contributed by atoms with Gasteiger partial charge in [0.2, 0.25) is 0 Å². The summed E-state index contributed by atoms with van der Waals surface area (Å²) in [5, 5.41) is 8.53. The molecule has 1 unspecified atom stereocenters. The maximum atomic E-state index is 13.0. The Bertz CT molecular complexity index is 1520. The molecule has 244 valence electrons. The monoisotopic (exact) mass is 627 g/mol. The first-order valence-electron chi connectivity index (χ1n) is 15.7. The fourth-order valence-corrected chi connectivity index (χ4v) is 5.27. The number of oxazole rings is 1. The number of carbonyl (C=O) groups excluding carboxylic acids is 2. The van der Waals surface area contributed by atoms with Crippen molar-refractivity contribution in [3.05, 3.63) is 96.5 Å². The molecule has 0 spiro atoms. The van der Waals surface area contributed by atoms with E-state index in [1.165, 1.54) is 6.39 Å². The van der Waals surface area contributed by atoms with E-state index >= 15 is 0 Å². The molecular formula is C36H45N5O5. The molecule has 10 heteroatoms. The Hall–Kier alpha value is -4.83. The number of hydrogen-bond acceptors (Lipinski definition) is 7. The molecule has 1 atom stereocenters. The van der Waals surface area contributed by atoms with Crippen LogP contribution in [0, 0.1) is 11.8 Å². The second-order valence-corrected chi connectivity index (χ2v) is 12.1. The van der Waals surface area contributed by atoms with E-state index in [0.29, 0.717) is 41.1 Å². The van der Waals surface area contributed by atoms with Gasteiger partial charge in [-0.15, -0.1) is 0 Å². The highest BCUT2D eigenvalue weighted by atomic mass is 16.6. The van der Waals surface area contributed by atoms with Gasteiger partial charge in [0, 0.05) is 50.0 Å². The fourth-order valence-electron chi connectivity index (χ4n) is 5.27. The maximum absolute atomic E-state index is 13.0. The maximum Gasteiger partial charge on any atom is 0.408 e. The van der Waals surface area contributed by atoms with Gasteiger partial charge in [-0.3, -0.25) is 0 Å². The predicted molar refractivity (Wildman–Crippen MR) is 181 cm³/mol. The Morgan fingerprint density at radius 2 is 1.61 bits per heavy atom. The van der Waals surface area contributed by atoms with Crippen LogP contribution in [0.1, 0.15) is 51.3 Å². The van der Waals surface area contributed by atoms with Crippen LogP contribution in [0.15, 0.2) is 89.8 Å². The molecule has 1 aromatic heterocycles. The summed E-state index contributed by atoms with van der Waals surface area (Å²) in [5.41, 5.74) is 3.62. The molecule has 3 aromatic carbocycles. The molecule has 0 fully saturated rings. The lowest BCUT2D eigenvalue weighted by Gasteiger charge is -2.28. The Balaban J connectivity index is 1.32. The third-order valence-electron chi connectivity index (χ3n) is 7.15. The molecule has 0 saturated carbocycles. The van der Waals surface area contributed by atoms with E-state index in [1.54, 1.807) is 43.6 Å². The van der Waals surface area contributed by atoms with E-state index in [-0.39, 0.29) is 12.6 Å². The number of hydrogen-bond donors (Lipinski definition) is 3. The van der Waals surface area contributed by atoms with E-state index in [0.717, 1.165) is 36.3 Å². The van der Waals surface area contributed by atoms with Crippen molar-refractivity contribution in [1.82, 2.24) is 15.2 Å². The number of carbonyl (C=O) groups is 2. The van der Waals surface area contributed by atoms with Gasteiger partial charge in [-0.25, -0.2) is 14.6 Å². The molecule has 3 N–H and O–H groups in total. The molecule has 0 saturated heterocycles. The molecule has 10 nitrogen and oxygen atoms in total. The van der Waals surface area contributed by atoms with E-state index in [2.05, 4.69) is 53.5 Å². The van der Waals surface area contributed by atoms with Crippen molar-refractivity contribution in [2.45, 2.75) is 46.8 Å². The lowest BCUT2D eigenvalue weighted by Crippen LogP contribution is -2.34. The summed E-state index contributed by atoms with van der Waals surface area (Å²) in [4.78, 5) is 32.1. The van der Waals surface area contributed by atoms with Crippen molar-refractivity contribution >= 4 is 23.5 Å². The minimum absolute atomic E-state index is 0.241. The summed E-state index contributed by atoms with van der Waals surface area (Å²) in [6, 6.07) is 22.0. The number of ether oxygens (including phenoxy) is 2. The van der Waals surface area contributed by atoms with E-state index in [1.807, 2.05) is 42.5 Å². The topological polar surface area (TPSA) is 118 Å². The van der Waals surface area contributed by atoms with Crippen LogP contribution in [0.25, 0.3) is 11.3 Å². The van der Waals surface area contributed by atoms with Crippen LogP contribution in [-0.2, 0) is 11.3 Å². The Morgan fingerprint density at radius 3 is 2.26 bits per heavy atom. The van der Waals surface area contributed by atoms with Crippen LogP contribution < -0.4 is 20.7 Å². The van der Waals surface area contributed by atoms with E-state index in [4.69, 9.17) is 13.9 Å². The predicted octanol–water partition coefficient (Wildman–Crippen LogP) is 7.97. The van der Waals surface area contributed by atoms with Crippen LogP contribution in [0.5, 0.6) is 5.75 Å². The van der Waals surface area contributed by atoms with Gasteiger partial charge >= 0.3 is 12.1 Å². The van der Waals surface area contributed by atoms with Crippen LogP contribution >= 0.6 is 0 Å². The number of rotatable bonds is 15. The highest BCUT2D eigenvalue weighted by molar-refractivity contribution is 6.00.